The molecule has 1 aliphatic rings. The van der Waals surface area contributed by atoms with Crippen molar-refractivity contribution in [1.82, 2.24) is 5.32 Å². The average molecular weight is 486 g/mol. The minimum absolute atomic E-state index is 0.0304. The fraction of sp³-hybridized carbons (Fsp3) is 0.409. The van der Waals surface area contributed by atoms with E-state index in [4.69, 9.17) is 21.4 Å². The molecule has 1 saturated carbocycles. The lowest BCUT2D eigenvalue weighted by atomic mass is 9.87. The number of amides is 1. The van der Waals surface area contributed by atoms with Crippen LogP contribution >= 0.6 is 22.9 Å². The highest BCUT2D eigenvalue weighted by Crippen LogP contribution is 2.30. The van der Waals surface area contributed by atoms with E-state index >= 15 is 0 Å². The molecule has 0 aliphatic heterocycles. The molecule has 32 heavy (non-hydrogen) atoms. The van der Waals surface area contributed by atoms with Crippen LogP contribution in [0.15, 0.2) is 24.3 Å². The summed E-state index contributed by atoms with van der Waals surface area (Å²) in [5.41, 5.74) is -0.636. The molecule has 3 rings (SSSR count). The van der Waals surface area contributed by atoms with Gasteiger partial charge < -0.3 is 15.2 Å². The predicted octanol–water partition coefficient (Wildman–Crippen LogP) is 5.09. The van der Waals surface area contributed by atoms with E-state index in [1.807, 2.05) is 0 Å². The molecule has 2 N–H and O–H groups in total. The lowest BCUT2D eigenvalue weighted by Crippen LogP contribution is -2.28. The summed E-state index contributed by atoms with van der Waals surface area (Å²) in [4.78, 5) is 35.7. The van der Waals surface area contributed by atoms with Crippen molar-refractivity contribution < 1.29 is 33.0 Å². The SMILES string of the molecule is O=C(NCCCC(=O)c1c(F)cc(OC2CCC(C(=O)O)CC2)cc1F)c1ccc(Cl)s1. The topological polar surface area (TPSA) is 92.7 Å². The van der Waals surface area contributed by atoms with Gasteiger partial charge in [0.25, 0.3) is 5.91 Å². The fourth-order valence-corrected chi connectivity index (χ4v) is 4.56. The van der Waals surface area contributed by atoms with Crippen molar-refractivity contribution in [2.45, 2.75) is 44.6 Å². The third-order valence-electron chi connectivity index (χ3n) is 5.28. The number of carbonyl (C=O) groups excluding carboxylic acids is 2. The van der Waals surface area contributed by atoms with Crippen molar-refractivity contribution in [2.24, 2.45) is 5.92 Å². The summed E-state index contributed by atoms with van der Waals surface area (Å²) < 4.78 is 35.0. The Labute approximate surface area is 192 Å². The van der Waals surface area contributed by atoms with E-state index in [1.165, 1.54) is 0 Å². The minimum Gasteiger partial charge on any atom is -0.490 e. The Bertz CT molecular complexity index is 981. The Morgan fingerprint density at radius 3 is 2.34 bits per heavy atom. The highest BCUT2D eigenvalue weighted by molar-refractivity contribution is 7.17. The number of hydrogen-bond acceptors (Lipinski definition) is 5. The van der Waals surface area contributed by atoms with Gasteiger partial charge in [-0.2, -0.15) is 0 Å². The zero-order valence-electron chi connectivity index (χ0n) is 17.0. The van der Waals surface area contributed by atoms with Crippen molar-refractivity contribution in [1.29, 1.82) is 0 Å². The minimum atomic E-state index is -1.01. The zero-order chi connectivity index (χ0) is 23.3. The maximum Gasteiger partial charge on any atom is 0.306 e. The van der Waals surface area contributed by atoms with E-state index in [0.29, 0.717) is 34.9 Å². The van der Waals surface area contributed by atoms with Gasteiger partial charge in [0, 0.05) is 25.1 Å². The second-order valence-corrected chi connectivity index (χ2v) is 9.29. The summed E-state index contributed by atoms with van der Waals surface area (Å²) in [6.07, 6.45) is 1.59. The number of nitrogens with one attached hydrogen (secondary N) is 1. The smallest absolute Gasteiger partial charge is 0.306 e. The quantitative estimate of drug-likeness (QED) is 0.381. The van der Waals surface area contributed by atoms with Crippen molar-refractivity contribution in [2.75, 3.05) is 6.54 Å². The molecule has 6 nitrogen and oxygen atoms in total. The summed E-state index contributed by atoms with van der Waals surface area (Å²) in [6.45, 7) is 0.170. The third kappa shape index (κ3) is 6.26. The second kappa shape index (κ2) is 10.9. The van der Waals surface area contributed by atoms with Gasteiger partial charge in [-0.05, 0) is 44.2 Å². The fourth-order valence-electron chi connectivity index (χ4n) is 3.60. The zero-order valence-corrected chi connectivity index (χ0v) is 18.6. The number of Topliss-reactive ketones (excluding diaryl/α,β-unsaturated/α-hetero) is 1. The van der Waals surface area contributed by atoms with Gasteiger partial charge in [-0.15, -0.1) is 11.3 Å². The molecule has 0 atom stereocenters. The molecule has 0 bridgehead atoms. The second-order valence-electron chi connectivity index (χ2n) is 7.58. The van der Waals surface area contributed by atoms with Crippen LogP contribution in [-0.4, -0.2) is 35.4 Å². The molecular formula is C22H22ClF2NO5S. The first-order chi connectivity index (χ1) is 15.2. The Kier molecular flexibility index (Phi) is 8.20. The molecule has 0 radical (unpaired) electrons. The molecule has 0 saturated heterocycles. The van der Waals surface area contributed by atoms with E-state index in [9.17, 15) is 23.2 Å². The molecule has 2 aromatic rings. The first kappa shape index (κ1) is 24.1. The maximum atomic E-state index is 14.4. The van der Waals surface area contributed by atoms with Crippen LogP contribution in [0.5, 0.6) is 5.75 Å². The molecule has 10 heteroatoms. The van der Waals surface area contributed by atoms with Crippen LogP contribution in [0.3, 0.4) is 0 Å². The largest absolute Gasteiger partial charge is 0.490 e. The number of carboxylic acids is 1. The molecule has 1 aromatic carbocycles. The highest BCUT2D eigenvalue weighted by Gasteiger charge is 2.27. The summed E-state index contributed by atoms with van der Waals surface area (Å²) in [7, 11) is 0. The van der Waals surface area contributed by atoms with Gasteiger partial charge in [0.1, 0.15) is 17.4 Å². The van der Waals surface area contributed by atoms with Crippen LogP contribution < -0.4 is 10.1 Å². The Morgan fingerprint density at radius 2 is 1.78 bits per heavy atom. The van der Waals surface area contributed by atoms with Crippen molar-refractivity contribution >= 4 is 40.6 Å². The van der Waals surface area contributed by atoms with Crippen LogP contribution in [0, 0.1) is 17.6 Å². The Morgan fingerprint density at radius 1 is 1.12 bits per heavy atom. The summed E-state index contributed by atoms with van der Waals surface area (Å²) in [6, 6.07) is 5.13. The van der Waals surface area contributed by atoms with Crippen molar-refractivity contribution in [3.8, 4) is 5.75 Å². The van der Waals surface area contributed by atoms with Crippen LogP contribution in [0.25, 0.3) is 0 Å². The van der Waals surface area contributed by atoms with E-state index in [0.717, 1.165) is 23.5 Å². The summed E-state index contributed by atoms with van der Waals surface area (Å²) in [5.74, 6) is -4.36. The number of ether oxygens (including phenoxy) is 1. The third-order valence-corrected chi connectivity index (χ3v) is 6.51. The Balaban J connectivity index is 1.50. The molecule has 1 fully saturated rings. The van der Waals surface area contributed by atoms with Gasteiger partial charge in [-0.3, -0.25) is 14.4 Å². The number of hydrogen-bond donors (Lipinski definition) is 2. The first-order valence-corrected chi connectivity index (χ1v) is 11.4. The number of thiophene rings is 1. The molecule has 1 heterocycles. The lowest BCUT2D eigenvalue weighted by molar-refractivity contribution is -0.143. The van der Waals surface area contributed by atoms with Gasteiger partial charge >= 0.3 is 5.97 Å². The first-order valence-electron chi connectivity index (χ1n) is 10.2. The summed E-state index contributed by atoms with van der Waals surface area (Å²) in [5, 5.41) is 11.7. The number of halogens is 3. The maximum absolute atomic E-state index is 14.4. The van der Waals surface area contributed by atoms with E-state index in [-0.39, 0.29) is 37.1 Å². The average Bonchev–Trinajstić information content (AvgIpc) is 3.17. The lowest BCUT2D eigenvalue weighted by Gasteiger charge is -2.26. The van der Waals surface area contributed by atoms with Gasteiger partial charge in [0.15, 0.2) is 5.78 Å². The summed E-state index contributed by atoms with van der Waals surface area (Å²) >= 11 is 6.91. The van der Waals surface area contributed by atoms with Gasteiger partial charge in [-0.1, -0.05) is 11.6 Å². The number of benzene rings is 1. The van der Waals surface area contributed by atoms with Crippen LogP contribution in [0.4, 0.5) is 8.78 Å². The van der Waals surface area contributed by atoms with E-state index in [1.54, 1.807) is 12.1 Å². The monoisotopic (exact) mass is 485 g/mol. The standard InChI is InChI=1S/C22H22ClF2NO5S/c23-19-8-7-18(32-19)21(28)26-9-1-2-17(27)20-15(24)10-14(11-16(20)25)31-13-5-3-12(4-6-13)22(29)30/h7-8,10-13H,1-6,9H2,(H,26,28)(H,29,30). The molecule has 0 unspecified atom stereocenters. The van der Waals surface area contributed by atoms with Crippen LogP contribution in [-0.2, 0) is 4.79 Å². The number of aliphatic carboxylic acids is 1. The van der Waals surface area contributed by atoms with Crippen LogP contribution in [0.2, 0.25) is 4.34 Å². The van der Waals surface area contributed by atoms with Gasteiger partial charge in [0.2, 0.25) is 0 Å². The highest BCUT2D eigenvalue weighted by atomic mass is 35.5. The molecule has 172 valence electrons. The molecule has 0 spiro atoms. The van der Waals surface area contributed by atoms with Gasteiger partial charge in [-0.25, -0.2) is 8.78 Å². The number of rotatable bonds is 9. The normalized spacial score (nSPS) is 18.2. The molecular weight excluding hydrogens is 464 g/mol. The predicted molar refractivity (Wildman–Crippen MR) is 116 cm³/mol. The Hall–Kier alpha value is -2.52. The van der Waals surface area contributed by atoms with Crippen LogP contribution in [0.1, 0.15) is 58.6 Å². The van der Waals surface area contributed by atoms with Crippen molar-refractivity contribution in [3.05, 3.63) is 50.7 Å². The molecule has 1 aromatic heterocycles. The van der Waals surface area contributed by atoms with E-state index < -0.39 is 34.9 Å². The number of ketones is 1. The van der Waals surface area contributed by atoms with Gasteiger partial charge in [0.05, 0.1) is 26.8 Å². The number of carbonyl (C=O) groups is 3. The molecule has 1 amide bonds. The van der Waals surface area contributed by atoms with E-state index in [2.05, 4.69) is 5.32 Å². The van der Waals surface area contributed by atoms with Crippen molar-refractivity contribution in [3.63, 3.8) is 0 Å². The molecule has 1 aliphatic carbocycles. The number of carboxylic acid groups (broad SMARTS) is 1.